The second-order valence-electron chi connectivity index (χ2n) is 3.42. The van der Waals surface area contributed by atoms with Crippen LogP contribution in [-0.4, -0.2) is 31.0 Å². The van der Waals surface area contributed by atoms with Gasteiger partial charge < -0.3 is 10.6 Å². The number of rotatable bonds is 7. The van der Waals surface area contributed by atoms with Gasteiger partial charge in [-0.25, -0.2) is 0 Å². The number of hydrogen-bond acceptors (Lipinski definition) is 3. The molecule has 0 bridgehead atoms. The van der Waals surface area contributed by atoms with E-state index in [1.807, 2.05) is 30.3 Å². The van der Waals surface area contributed by atoms with Crippen LogP contribution in [0.3, 0.4) is 0 Å². The molecule has 0 spiro atoms. The number of hydrogen-bond donors (Lipinski definition) is 2. The van der Waals surface area contributed by atoms with E-state index < -0.39 is 0 Å². The second kappa shape index (κ2) is 8.05. The van der Waals surface area contributed by atoms with E-state index in [4.69, 9.17) is 0 Å². The lowest BCUT2D eigenvalue weighted by Gasteiger charge is -2.07. The molecular weight excluding hydrogens is 220 g/mol. The summed E-state index contributed by atoms with van der Waals surface area (Å²) < 4.78 is 0. The average molecular weight is 238 g/mol. The molecule has 1 rings (SSSR count). The molecule has 0 aromatic heterocycles. The minimum absolute atomic E-state index is 0.0463. The smallest absolute Gasteiger partial charge is 0.239 e. The molecule has 0 saturated carbocycles. The zero-order valence-electron chi connectivity index (χ0n) is 9.53. The van der Waals surface area contributed by atoms with Crippen LogP contribution < -0.4 is 10.6 Å². The molecule has 2 N–H and O–H groups in total. The van der Waals surface area contributed by atoms with Crippen LogP contribution in [0.1, 0.15) is 6.42 Å². The summed E-state index contributed by atoms with van der Waals surface area (Å²) in [5, 5.41) is 5.94. The molecule has 88 valence electrons. The van der Waals surface area contributed by atoms with Crippen LogP contribution in [0.15, 0.2) is 30.3 Å². The third kappa shape index (κ3) is 5.66. The molecule has 0 atom stereocenters. The van der Waals surface area contributed by atoms with Gasteiger partial charge in [-0.1, -0.05) is 18.2 Å². The molecule has 0 aliphatic heterocycles. The zero-order chi connectivity index (χ0) is 11.6. The van der Waals surface area contributed by atoms with Crippen molar-refractivity contribution in [2.24, 2.45) is 0 Å². The van der Waals surface area contributed by atoms with Crippen molar-refractivity contribution < 1.29 is 4.79 Å². The van der Waals surface area contributed by atoms with Gasteiger partial charge in [0.2, 0.25) is 5.91 Å². The van der Waals surface area contributed by atoms with E-state index in [1.54, 1.807) is 11.8 Å². The van der Waals surface area contributed by atoms with Gasteiger partial charge in [-0.05, 0) is 30.6 Å². The van der Waals surface area contributed by atoms with Gasteiger partial charge in [0.25, 0.3) is 0 Å². The lowest BCUT2D eigenvalue weighted by molar-refractivity contribution is -0.119. The molecule has 0 fully saturated rings. The molecule has 4 heteroatoms. The summed E-state index contributed by atoms with van der Waals surface area (Å²) in [4.78, 5) is 11.4. The van der Waals surface area contributed by atoms with Crippen LogP contribution in [0.5, 0.6) is 0 Å². The Morgan fingerprint density at radius 3 is 2.75 bits per heavy atom. The molecular formula is C12H18N2OS. The Balaban J connectivity index is 2.11. The maximum absolute atomic E-state index is 11.4. The molecule has 1 amide bonds. The first-order valence-corrected chi connectivity index (χ1v) is 6.77. The van der Waals surface area contributed by atoms with Gasteiger partial charge in [-0.15, -0.1) is 0 Å². The maximum atomic E-state index is 11.4. The highest BCUT2D eigenvalue weighted by molar-refractivity contribution is 7.98. The van der Waals surface area contributed by atoms with E-state index in [1.165, 1.54) is 0 Å². The molecule has 0 radical (unpaired) electrons. The molecule has 16 heavy (non-hydrogen) atoms. The van der Waals surface area contributed by atoms with Crippen LogP contribution in [0.25, 0.3) is 0 Å². The van der Waals surface area contributed by atoms with Gasteiger partial charge in [-0.3, -0.25) is 4.79 Å². The minimum atomic E-state index is 0.0463. The molecule has 0 heterocycles. The number of para-hydroxylation sites is 1. The topological polar surface area (TPSA) is 41.1 Å². The highest BCUT2D eigenvalue weighted by Crippen LogP contribution is 2.03. The number of thioether (sulfide) groups is 1. The quantitative estimate of drug-likeness (QED) is 0.714. The number of benzene rings is 1. The summed E-state index contributed by atoms with van der Waals surface area (Å²) in [6.45, 7) is 1.10. The van der Waals surface area contributed by atoms with Gasteiger partial charge in [-0.2, -0.15) is 11.8 Å². The number of anilines is 1. The van der Waals surface area contributed by atoms with Crippen LogP contribution in [0.2, 0.25) is 0 Å². The fraction of sp³-hybridized carbons (Fsp3) is 0.417. The lowest BCUT2D eigenvalue weighted by atomic mass is 10.3. The second-order valence-corrected chi connectivity index (χ2v) is 4.40. The van der Waals surface area contributed by atoms with Crippen molar-refractivity contribution in [3.05, 3.63) is 30.3 Å². The highest BCUT2D eigenvalue weighted by atomic mass is 32.2. The fourth-order valence-corrected chi connectivity index (χ4v) is 1.68. The largest absolute Gasteiger partial charge is 0.376 e. The first kappa shape index (κ1) is 12.9. The van der Waals surface area contributed by atoms with Crippen molar-refractivity contribution in [1.29, 1.82) is 0 Å². The fourth-order valence-electron chi connectivity index (χ4n) is 1.25. The van der Waals surface area contributed by atoms with Crippen LogP contribution in [-0.2, 0) is 4.79 Å². The Morgan fingerprint density at radius 2 is 2.06 bits per heavy atom. The normalized spacial score (nSPS) is 9.81. The van der Waals surface area contributed by atoms with Crippen LogP contribution >= 0.6 is 11.8 Å². The Labute approximate surface area is 101 Å². The van der Waals surface area contributed by atoms with Crippen molar-refractivity contribution >= 4 is 23.4 Å². The summed E-state index contributed by atoms with van der Waals surface area (Å²) in [6.07, 6.45) is 3.09. The van der Waals surface area contributed by atoms with E-state index in [-0.39, 0.29) is 5.91 Å². The average Bonchev–Trinajstić information content (AvgIpc) is 2.33. The first-order chi connectivity index (χ1) is 7.83. The number of nitrogens with one attached hydrogen (secondary N) is 2. The molecule has 3 nitrogen and oxygen atoms in total. The van der Waals surface area contributed by atoms with Gasteiger partial charge >= 0.3 is 0 Å². The molecule has 1 aromatic rings. The molecule has 0 aliphatic carbocycles. The summed E-state index contributed by atoms with van der Waals surface area (Å²) in [7, 11) is 0. The zero-order valence-corrected chi connectivity index (χ0v) is 10.3. The van der Waals surface area contributed by atoms with E-state index in [0.29, 0.717) is 6.54 Å². The predicted molar refractivity (Wildman–Crippen MR) is 70.9 cm³/mol. The lowest BCUT2D eigenvalue weighted by Crippen LogP contribution is -2.30. The van der Waals surface area contributed by atoms with E-state index >= 15 is 0 Å². The molecule has 1 aromatic carbocycles. The van der Waals surface area contributed by atoms with Crippen molar-refractivity contribution in [3.63, 3.8) is 0 Å². The van der Waals surface area contributed by atoms with Crippen LogP contribution in [0, 0.1) is 0 Å². The van der Waals surface area contributed by atoms with Gasteiger partial charge in [0.1, 0.15) is 0 Å². The number of carbonyl (C=O) groups is 1. The molecule has 0 saturated heterocycles. The summed E-state index contributed by atoms with van der Waals surface area (Å²) in [6, 6.07) is 9.73. The monoisotopic (exact) mass is 238 g/mol. The van der Waals surface area contributed by atoms with Gasteiger partial charge in [0, 0.05) is 12.2 Å². The minimum Gasteiger partial charge on any atom is -0.376 e. The Morgan fingerprint density at radius 1 is 1.31 bits per heavy atom. The Kier molecular flexibility index (Phi) is 6.49. The summed E-state index contributed by atoms with van der Waals surface area (Å²) in [5.74, 6) is 1.14. The third-order valence-electron chi connectivity index (χ3n) is 2.07. The number of amides is 1. The molecule has 0 aliphatic rings. The maximum Gasteiger partial charge on any atom is 0.239 e. The van der Waals surface area contributed by atoms with E-state index in [9.17, 15) is 4.79 Å². The predicted octanol–water partition coefficient (Wildman–Crippen LogP) is 1.97. The van der Waals surface area contributed by atoms with Crippen LogP contribution in [0.4, 0.5) is 5.69 Å². The van der Waals surface area contributed by atoms with Crippen molar-refractivity contribution in [1.82, 2.24) is 5.32 Å². The van der Waals surface area contributed by atoms with Crippen molar-refractivity contribution in [3.8, 4) is 0 Å². The van der Waals surface area contributed by atoms with Gasteiger partial charge in [0.15, 0.2) is 0 Å². The van der Waals surface area contributed by atoms with E-state index in [2.05, 4.69) is 16.9 Å². The van der Waals surface area contributed by atoms with Gasteiger partial charge in [0.05, 0.1) is 6.54 Å². The highest BCUT2D eigenvalue weighted by Gasteiger charge is 1.99. The first-order valence-electron chi connectivity index (χ1n) is 5.37. The standard InChI is InChI=1S/C12H18N2OS/c1-16-9-5-8-13-12(15)10-14-11-6-3-2-4-7-11/h2-4,6-7,14H,5,8-10H2,1H3,(H,13,15). The van der Waals surface area contributed by atoms with E-state index in [0.717, 1.165) is 24.4 Å². The van der Waals surface area contributed by atoms with Crippen molar-refractivity contribution in [2.45, 2.75) is 6.42 Å². The van der Waals surface area contributed by atoms with Crippen molar-refractivity contribution in [2.75, 3.05) is 30.4 Å². The third-order valence-corrected chi connectivity index (χ3v) is 2.77. The molecule has 0 unspecified atom stereocenters. The summed E-state index contributed by atoms with van der Waals surface area (Å²) >= 11 is 1.80. The number of carbonyl (C=O) groups excluding carboxylic acids is 1. The Bertz CT molecular complexity index is 303. The SMILES string of the molecule is CSCCCNC(=O)CNc1ccccc1. The Hall–Kier alpha value is -1.16. The summed E-state index contributed by atoms with van der Waals surface area (Å²) in [5.41, 5.74) is 0.974.